The minimum Gasteiger partial charge on any atom is -0.469 e. The van der Waals surface area contributed by atoms with Crippen molar-refractivity contribution in [1.82, 2.24) is 0 Å². The molecule has 1 saturated carbocycles. The van der Waals surface area contributed by atoms with Gasteiger partial charge in [0.2, 0.25) is 0 Å². The molecule has 1 aliphatic rings. The van der Waals surface area contributed by atoms with Crippen LogP contribution in [0.15, 0.2) is 0 Å². The highest BCUT2D eigenvalue weighted by Gasteiger charge is 2.59. The summed E-state index contributed by atoms with van der Waals surface area (Å²) in [7, 11) is 1.43. The van der Waals surface area contributed by atoms with E-state index in [1.165, 1.54) is 7.11 Å². The van der Waals surface area contributed by atoms with Crippen LogP contribution in [0.4, 0.5) is 0 Å². The van der Waals surface area contributed by atoms with Gasteiger partial charge in [-0.3, -0.25) is 4.79 Å². The summed E-state index contributed by atoms with van der Waals surface area (Å²) in [5.74, 6) is 0.0134. The molecule has 1 fully saturated rings. The average Bonchev–Trinajstić information content (AvgIpc) is 2.92. The molecule has 0 bridgehead atoms. The van der Waals surface area contributed by atoms with Crippen LogP contribution >= 0.6 is 0 Å². The van der Waals surface area contributed by atoms with Crippen LogP contribution in [-0.2, 0) is 9.53 Å². The lowest BCUT2D eigenvalue weighted by molar-refractivity contribution is -0.148. The van der Waals surface area contributed by atoms with Crippen LogP contribution in [0.5, 0.6) is 0 Å². The minimum absolute atomic E-state index is 0.112. The van der Waals surface area contributed by atoms with Crippen LogP contribution < -0.4 is 0 Å². The van der Waals surface area contributed by atoms with Gasteiger partial charge in [0.1, 0.15) is 0 Å². The first-order chi connectivity index (χ1) is 6.71. The maximum atomic E-state index is 11.5. The van der Waals surface area contributed by atoms with E-state index < -0.39 is 0 Å². The molecule has 0 aliphatic heterocycles. The molecule has 3 heteroatoms. The fraction of sp³-hybridized carbons (Fsp3) is 0.909. The Morgan fingerprint density at radius 3 is 2.71 bits per heavy atom. The van der Waals surface area contributed by atoms with Gasteiger partial charge in [-0.1, -0.05) is 26.2 Å². The number of hydrogen-bond acceptors (Lipinski definition) is 3. The van der Waals surface area contributed by atoms with Crippen LogP contribution in [0.3, 0.4) is 0 Å². The summed E-state index contributed by atoms with van der Waals surface area (Å²) in [5, 5.41) is 9.03. The van der Waals surface area contributed by atoms with Gasteiger partial charge in [0.25, 0.3) is 0 Å². The fourth-order valence-corrected chi connectivity index (χ4v) is 2.17. The van der Waals surface area contributed by atoms with Crippen molar-refractivity contribution in [1.29, 1.82) is 0 Å². The van der Waals surface area contributed by atoms with Gasteiger partial charge >= 0.3 is 5.97 Å². The van der Waals surface area contributed by atoms with Crippen molar-refractivity contribution in [3.8, 4) is 0 Å². The van der Waals surface area contributed by atoms with Gasteiger partial charge < -0.3 is 9.84 Å². The summed E-state index contributed by atoms with van der Waals surface area (Å²) in [5.41, 5.74) is -0.335. The number of methoxy groups -OCH3 is 1. The second-order valence-corrected chi connectivity index (χ2v) is 4.19. The van der Waals surface area contributed by atoms with E-state index >= 15 is 0 Å². The van der Waals surface area contributed by atoms with Crippen molar-refractivity contribution in [3.63, 3.8) is 0 Å². The maximum absolute atomic E-state index is 11.5. The first kappa shape index (κ1) is 11.5. The minimum atomic E-state index is -0.335. The van der Waals surface area contributed by atoms with Crippen LogP contribution in [0.25, 0.3) is 0 Å². The van der Waals surface area contributed by atoms with E-state index in [4.69, 9.17) is 9.84 Å². The van der Waals surface area contributed by atoms with E-state index in [9.17, 15) is 4.79 Å². The topological polar surface area (TPSA) is 46.5 Å². The molecule has 0 saturated heterocycles. The number of aliphatic hydroxyl groups excluding tert-OH is 1. The zero-order valence-electron chi connectivity index (χ0n) is 9.08. The zero-order chi connectivity index (χ0) is 10.6. The van der Waals surface area contributed by atoms with Crippen LogP contribution in [0, 0.1) is 11.3 Å². The molecule has 3 nitrogen and oxygen atoms in total. The molecule has 0 aromatic rings. The second-order valence-electron chi connectivity index (χ2n) is 4.19. The van der Waals surface area contributed by atoms with Crippen molar-refractivity contribution in [2.24, 2.45) is 11.3 Å². The van der Waals surface area contributed by atoms with Gasteiger partial charge in [-0.05, 0) is 18.8 Å². The third-order valence-corrected chi connectivity index (χ3v) is 3.27. The molecule has 0 radical (unpaired) electrons. The van der Waals surface area contributed by atoms with Crippen molar-refractivity contribution in [3.05, 3.63) is 0 Å². The number of carbonyl (C=O) groups excluding carboxylic acids is 1. The molecule has 2 atom stereocenters. The Kier molecular flexibility index (Phi) is 3.93. The van der Waals surface area contributed by atoms with Gasteiger partial charge in [0, 0.05) is 6.61 Å². The largest absolute Gasteiger partial charge is 0.469 e. The highest BCUT2D eigenvalue weighted by molar-refractivity contribution is 5.80. The molecule has 1 aliphatic carbocycles. The van der Waals surface area contributed by atoms with Crippen molar-refractivity contribution >= 4 is 5.97 Å². The van der Waals surface area contributed by atoms with E-state index in [2.05, 4.69) is 6.92 Å². The maximum Gasteiger partial charge on any atom is 0.312 e. The van der Waals surface area contributed by atoms with Crippen LogP contribution in [0.1, 0.15) is 39.0 Å². The number of hydrogen-bond donors (Lipinski definition) is 1. The van der Waals surface area contributed by atoms with Crippen LogP contribution in [-0.4, -0.2) is 24.8 Å². The Morgan fingerprint density at radius 1 is 1.57 bits per heavy atom. The monoisotopic (exact) mass is 200 g/mol. The number of carbonyl (C=O) groups is 1. The summed E-state index contributed by atoms with van der Waals surface area (Å²) in [6.07, 6.45) is 5.04. The summed E-state index contributed by atoms with van der Waals surface area (Å²) in [6, 6.07) is 0. The number of ether oxygens (including phenoxy) is 1. The summed E-state index contributed by atoms with van der Waals surface area (Å²) >= 11 is 0. The predicted molar refractivity (Wildman–Crippen MR) is 53.8 cm³/mol. The number of rotatable bonds is 6. The molecule has 0 aromatic heterocycles. The van der Waals surface area contributed by atoms with Gasteiger partial charge in [-0.2, -0.15) is 0 Å². The Morgan fingerprint density at radius 2 is 2.29 bits per heavy atom. The lowest BCUT2D eigenvalue weighted by atomic mass is 9.96. The fourth-order valence-electron chi connectivity index (χ4n) is 2.17. The predicted octanol–water partition coefficient (Wildman–Crippen LogP) is 1.74. The van der Waals surface area contributed by atoms with E-state index in [0.29, 0.717) is 0 Å². The number of unbranched alkanes of at least 4 members (excludes halogenated alkanes) is 2. The summed E-state index contributed by atoms with van der Waals surface area (Å²) in [4.78, 5) is 11.5. The molecular weight excluding hydrogens is 180 g/mol. The van der Waals surface area contributed by atoms with E-state index in [0.717, 1.165) is 32.1 Å². The third-order valence-electron chi connectivity index (χ3n) is 3.27. The Hall–Kier alpha value is -0.570. The van der Waals surface area contributed by atoms with E-state index in [1.54, 1.807) is 0 Å². The number of esters is 1. The second kappa shape index (κ2) is 4.78. The first-order valence-electron chi connectivity index (χ1n) is 5.40. The molecule has 1 rings (SSSR count). The van der Waals surface area contributed by atoms with Crippen molar-refractivity contribution in [2.45, 2.75) is 39.0 Å². The molecular formula is C11H20O3. The lowest BCUT2D eigenvalue weighted by Crippen LogP contribution is -2.21. The molecule has 2 unspecified atom stereocenters. The smallest absolute Gasteiger partial charge is 0.312 e. The molecule has 0 spiro atoms. The lowest BCUT2D eigenvalue weighted by Gasteiger charge is -2.13. The Labute approximate surface area is 85.5 Å². The number of aliphatic hydroxyl groups is 1. The van der Waals surface area contributed by atoms with E-state index in [1.807, 2.05) is 0 Å². The molecule has 0 aromatic carbocycles. The normalized spacial score (nSPS) is 30.1. The van der Waals surface area contributed by atoms with Crippen molar-refractivity contribution < 1.29 is 14.6 Å². The summed E-state index contributed by atoms with van der Waals surface area (Å²) < 4.78 is 4.79. The molecule has 0 heterocycles. The highest BCUT2D eigenvalue weighted by atomic mass is 16.5. The molecule has 82 valence electrons. The van der Waals surface area contributed by atoms with Crippen molar-refractivity contribution in [2.75, 3.05) is 13.7 Å². The van der Waals surface area contributed by atoms with Gasteiger partial charge in [0.15, 0.2) is 0 Å². The Balaban J connectivity index is 2.44. The standard InChI is InChI=1S/C11H20O3/c1-3-4-5-6-11(10(13)14-2)7-9(11)8-12/h9,12H,3-8H2,1-2H3. The van der Waals surface area contributed by atoms with Gasteiger partial charge in [-0.25, -0.2) is 0 Å². The zero-order valence-corrected chi connectivity index (χ0v) is 9.08. The Bertz CT molecular complexity index is 203. The SMILES string of the molecule is CCCCCC1(C(=O)OC)CC1CO. The molecule has 0 amide bonds. The summed E-state index contributed by atoms with van der Waals surface area (Å²) in [6.45, 7) is 2.25. The highest BCUT2D eigenvalue weighted by Crippen LogP contribution is 2.56. The molecule has 1 N–H and O–H groups in total. The van der Waals surface area contributed by atoms with Gasteiger partial charge in [0.05, 0.1) is 12.5 Å². The third kappa shape index (κ3) is 2.08. The first-order valence-corrected chi connectivity index (χ1v) is 5.40. The average molecular weight is 200 g/mol. The van der Waals surface area contributed by atoms with Crippen LogP contribution in [0.2, 0.25) is 0 Å². The van der Waals surface area contributed by atoms with E-state index in [-0.39, 0.29) is 23.9 Å². The van der Waals surface area contributed by atoms with Gasteiger partial charge in [-0.15, -0.1) is 0 Å². The molecule has 14 heavy (non-hydrogen) atoms. The quantitative estimate of drug-likeness (QED) is 0.524.